The standard InChI is InChI=1S/C57H75ClN10O6S/c1-35(38-10-12-39(13-11-38)48-36(2)61-34-75-48)62-51(72)45-28-42(69)32-68(45)52(73)49(55(3,4)5)63-47(70)33-66-22-19-37(20-23-66)18-21-65-24-26-67(27-25-65)46-17-15-41(31-60-46)50(71)64-53-56(6,7)54(57(53,8)9)74-43-16-14-40(30-59)44(58)29-43/h10-17,29,31,34-35,37,42,45,49,53-54,69H,18-28,32-33H2,1-9H3,(H,62,72)(H,63,70)(H,64,71)/t35-,42+,45?,49?,53-,54-/m0/s1. The number of aromatic nitrogens is 2. The highest BCUT2D eigenvalue weighted by molar-refractivity contribution is 7.13. The number of thiazole rings is 1. The topological polar surface area (TPSA) is 196 Å². The zero-order chi connectivity index (χ0) is 54.0. The zero-order valence-electron chi connectivity index (χ0n) is 45.0. The van der Waals surface area contributed by atoms with E-state index < -0.39 is 23.6 Å². The Morgan fingerprint density at radius 1 is 0.933 bits per heavy atom. The third-order valence-corrected chi connectivity index (χ3v) is 17.4. The van der Waals surface area contributed by atoms with Crippen LogP contribution in [0.25, 0.3) is 10.4 Å². The van der Waals surface area contributed by atoms with Crippen molar-refractivity contribution >= 4 is 52.4 Å². The number of nitrogens with zero attached hydrogens (tertiary/aromatic N) is 7. The Labute approximate surface area is 451 Å². The van der Waals surface area contributed by atoms with Gasteiger partial charge in [-0.2, -0.15) is 5.26 Å². The average Bonchev–Trinajstić information content (AvgIpc) is 4.00. The van der Waals surface area contributed by atoms with Crippen LogP contribution in [-0.2, 0) is 14.4 Å². The number of aliphatic hydroxyl groups is 1. The molecule has 402 valence electrons. The number of benzene rings is 2. The number of rotatable bonds is 16. The second-order valence-corrected chi connectivity index (χ2v) is 24.7. The number of pyridine rings is 1. The second kappa shape index (κ2) is 22.9. The molecule has 4 aliphatic rings. The number of piperidine rings is 1. The van der Waals surface area contributed by atoms with E-state index in [0.29, 0.717) is 27.8 Å². The van der Waals surface area contributed by atoms with Crippen molar-refractivity contribution in [1.29, 1.82) is 5.26 Å². The third kappa shape index (κ3) is 12.6. The fourth-order valence-corrected chi connectivity index (χ4v) is 13.0. The Morgan fingerprint density at radius 2 is 1.63 bits per heavy atom. The number of halogens is 1. The molecule has 0 radical (unpaired) electrons. The molecule has 4 fully saturated rings. The largest absolute Gasteiger partial charge is 0.489 e. The first kappa shape index (κ1) is 55.6. The first-order valence-electron chi connectivity index (χ1n) is 26.4. The molecule has 0 bridgehead atoms. The number of β-amino-alcohol motifs (C(OH)–C–C–N with tert-alkyl or cyclic N) is 1. The minimum absolute atomic E-state index is 0.0193. The molecule has 2 aromatic carbocycles. The van der Waals surface area contributed by atoms with E-state index in [-0.39, 0.29) is 72.2 Å². The molecule has 75 heavy (non-hydrogen) atoms. The van der Waals surface area contributed by atoms with Gasteiger partial charge in [0.2, 0.25) is 17.7 Å². The zero-order valence-corrected chi connectivity index (χ0v) is 46.6. The summed E-state index contributed by atoms with van der Waals surface area (Å²) in [5, 5.41) is 29.7. The van der Waals surface area contributed by atoms with Crippen LogP contribution in [-0.4, -0.2) is 143 Å². The molecular weight excluding hydrogens is 988 g/mol. The van der Waals surface area contributed by atoms with Crippen LogP contribution in [0.5, 0.6) is 5.75 Å². The molecule has 4 aromatic rings. The van der Waals surface area contributed by atoms with Crippen LogP contribution in [0.2, 0.25) is 5.02 Å². The minimum atomic E-state index is -0.886. The Bertz CT molecular complexity index is 2710. The van der Waals surface area contributed by atoms with Crippen molar-refractivity contribution in [3.8, 4) is 22.3 Å². The van der Waals surface area contributed by atoms with E-state index in [0.717, 1.165) is 92.6 Å². The number of likely N-dealkylation sites (tertiary alicyclic amines) is 2. The first-order chi connectivity index (χ1) is 35.5. The molecule has 2 aromatic heterocycles. The predicted molar refractivity (Wildman–Crippen MR) is 292 cm³/mol. The van der Waals surface area contributed by atoms with Crippen molar-refractivity contribution < 1.29 is 29.0 Å². The molecule has 4 atom stereocenters. The van der Waals surface area contributed by atoms with Gasteiger partial charge in [0.1, 0.15) is 35.8 Å². The Balaban J connectivity index is 0.743. The molecule has 0 spiro atoms. The number of piperazine rings is 1. The number of carbonyl (C=O) groups is 4. The van der Waals surface area contributed by atoms with Gasteiger partial charge in [-0.15, -0.1) is 11.3 Å². The molecule has 16 nitrogen and oxygen atoms in total. The van der Waals surface area contributed by atoms with E-state index in [9.17, 15) is 29.5 Å². The van der Waals surface area contributed by atoms with Gasteiger partial charge < -0.3 is 35.6 Å². The molecule has 4 amide bonds. The van der Waals surface area contributed by atoms with Crippen molar-refractivity contribution in [2.24, 2.45) is 22.2 Å². The first-order valence-corrected chi connectivity index (χ1v) is 27.7. The fourth-order valence-electron chi connectivity index (χ4n) is 11.9. The summed E-state index contributed by atoms with van der Waals surface area (Å²) in [5.41, 5.74) is 4.27. The van der Waals surface area contributed by atoms with Crippen LogP contribution >= 0.6 is 22.9 Å². The molecule has 5 heterocycles. The van der Waals surface area contributed by atoms with Crippen LogP contribution in [0.15, 0.2) is 66.3 Å². The van der Waals surface area contributed by atoms with Crippen molar-refractivity contribution in [3.05, 3.63) is 93.7 Å². The predicted octanol–water partition coefficient (Wildman–Crippen LogP) is 7.24. The SMILES string of the molecule is Cc1ncsc1-c1ccc([C@H](C)NC(=O)C2C[C@@H](O)CN2C(=O)C(NC(=O)CN2CCC(CCN3CCN(c4ccc(C(=O)N[C@H]5C(C)(C)[C@H](Oc6ccc(C#N)c(Cl)c6)C5(C)C)cn4)CC3)CC2)C(C)(C)C)cc1. The monoisotopic (exact) mass is 1060 g/mol. The number of nitriles is 1. The number of ether oxygens (including phenoxy) is 1. The Kier molecular flexibility index (Phi) is 17.0. The summed E-state index contributed by atoms with van der Waals surface area (Å²) in [7, 11) is 0. The summed E-state index contributed by atoms with van der Waals surface area (Å²) in [6, 6.07) is 16.7. The summed E-state index contributed by atoms with van der Waals surface area (Å²) in [6.45, 7) is 24.3. The second-order valence-electron chi connectivity index (χ2n) is 23.4. The van der Waals surface area contributed by atoms with Crippen LogP contribution in [0, 0.1) is 40.4 Å². The van der Waals surface area contributed by atoms with Crippen molar-refractivity contribution in [1.82, 2.24) is 40.6 Å². The minimum Gasteiger partial charge on any atom is -0.489 e. The van der Waals surface area contributed by atoms with Crippen LogP contribution in [0.4, 0.5) is 5.82 Å². The maximum absolute atomic E-state index is 14.3. The van der Waals surface area contributed by atoms with E-state index in [1.165, 1.54) is 4.90 Å². The van der Waals surface area contributed by atoms with Gasteiger partial charge in [-0.25, -0.2) is 9.97 Å². The molecule has 2 unspecified atom stereocenters. The van der Waals surface area contributed by atoms with Gasteiger partial charge in [0.05, 0.1) is 50.9 Å². The van der Waals surface area contributed by atoms with Gasteiger partial charge in [-0.3, -0.25) is 29.0 Å². The van der Waals surface area contributed by atoms with E-state index in [1.54, 1.807) is 35.7 Å². The van der Waals surface area contributed by atoms with E-state index in [1.807, 2.05) is 76.5 Å². The van der Waals surface area contributed by atoms with Gasteiger partial charge in [0.25, 0.3) is 5.91 Å². The molecule has 8 rings (SSSR count). The van der Waals surface area contributed by atoms with E-state index >= 15 is 0 Å². The maximum atomic E-state index is 14.3. The lowest BCUT2D eigenvalue weighted by molar-refractivity contribution is -0.164. The van der Waals surface area contributed by atoms with E-state index in [4.69, 9.17) is 21.3 Å². The van der Waals surface area contributed by atoms with E-state index in [2.05, 4.69) is 69.4 Å². The lowest BCUT2D eigenvalue weighted by Gasteiger charge is -2.63. The number of aliphatic hydroxyl groups excluding tert-OH is 1. The number of nitrogens with one attached hydrogen (secondary N) is 3. The number of amides is 4. The van der Waals surface area contributed by atoms with Gasteiger partial charge >= 0.3 is 0 Å². The number of anilines is 1. The van der Waals surface area contributed by atoms with Crippen LogP contribution in [0.3, 0.4) is 0 Å². The quantitative estimate of drug-likeness (QED) is 0.0880. The smallest absolute Gasteiger partial charge is 0.253 e. The van der Waals surface area contributed by atoms with Crippen molar-refractivity contribution in [3.63, 3.8) is 0 Å². The third-order valence-electron chi connectivity index (χ3n) is 16.1. The lowest BCUT2D eigenvalue weighted by Crippen LogP contribution is -2.74. The van der Waals surface area contributed by atoms with Crippen molar-refractivity contribution in [2.75, 3.05) is 63.8 Å². The summed E-state index contributed by atoms with van der Waals surface area (Å²) in [6.07, 6.45) is 3.80. The number of hydrogen-bond donors (Lipinski definition) is 4. The van der Waals surface area contributed by atoms with Gasteiger partial charge in [0, 0.05) is 68.3 Å². The lowest BCUT2D eigenvalue weighted by atomic mass is 9.49. The van der Waals surface area contributed by atoms with Gasteiger partial charge in [-0.05, 0) is 99.5 Å². The fraction of sp³-hybridized carbons (Fsp3) is 0.561. The molecular formula is C57H75ClN10O6S. The normalized spacial score (nSPS) is 22.9. The summed E-state index contributed by atoms with van der Waals surface area (Å²) in [5.74, 6) is 0.890. The van der Waals surface area contributed by atoms with Gasteiger partial charge in [-0.1, -0.05) is 84.3 Å². The van der Waals surface area contributed by atoms with Gasteiger partial charge in [0.15, 0.2) is 0 Å². The highest BCUT2D eigenvalue weighted by atomic mass is 35.5. The highest BCUT2D eigenvalue weighted by Gasteiger charge is 2.64. The molecule has 4 N–H and O–H groups in total. The number of carbonyl (C=O) groups excluding carboxylic acids is 4. The molecule has 3 saturated heterocycles. The van der Waals surface area contributed by atoms with Crippen LogP contribution < -0.4 is 25.6 Å². The Morgan fingerprint density at radius 3 is 2.23 bits per heavy atom. The highest BCUT2D eigenvalue weighted by Crippen LogP contribution is 2.55. The molecule has 3 aliphatic heterocycles. The molecule has 18 heteroatoms. The summed E-state index contributed by atoms with van der Waals surface area (Å²) in [4.78, 5) is 73.8. The Hall–Kier alpha value is -5.64. The summed E-state index contributed by atoms with van der Waals surface area (Å²) < 4.78 is 6.39. The maximum Gasteiger partial charge on any atom is 0.253 e. The average molecular weight is 1060 g/mol. The summed E-state index contributed by atoms with van der Waals surface area (Å²) >= 11 is 7.86. The number of aryl methyl sites for hydroxylation is 1. The number of hydrogen-bond acceptors (Lipinski definition) is 13. The molecule has 1 saturated carbocycles. The molecule has 1 aliphatic carbocycles. The van der Waals surface area contributed by atoms with Crippen molar-refractivity contribution in [2.45, 2.75) is 124 Å². The van der Waals surface area contributed by atoms with Crippen LogP contribution in [0.1, 0.15) is 114 Å².